The van der Waals surface area contributed by atoms with Gasteiger partial charge < -0.3 is 20.3 Å². The standard InChI is InChI=1S/C27H32F2N4O4S/c1-3-17-4-5-19-14-38(36,37)15-24(23(19)8-17)31-13-26(34)25(9-18-6-20(28)10-21(29)7-18)33(2)27(35)11-22-12-30-16-32-22/h4-8,10,12,16,24-26,31,34H,3,9,11,13-15H2,1-2H3,(H,30,32)/t24-,25-,26+/m0/s1. The second-order valence-corrected chi connectivity index (χ2v) is 11.9. The Hall–Kier alpha value is -3.15. The summed E-state index contributed by atoms with van der Waals surface area (Å²) in [4.78, 5) is 21.2. The molecule has 0 radical (unpaired) electrons. The number of halogens is 2. The molecule has 0 aliphatic carbocycles. The molecule has 0 spiro atoms. The van der Waals surface area contributed by atoms with E-state index in [1.165, 1.54) is 36.6 Å². The van der Waals surface area contributed by atoms with Crippen LogP contribution in [0.2, 0.25) is 0 Å². The van der Waals surface area contributed by atoms with Crippen molar-refractivity contribution in [2.75, 3.05) is 19.3 Å². The first-order chi connectivity index (χ1) is 18.0. The molecule has 38 heavy (non-hydrogen) atoms. The lowest BCUT2D eigenvalue weighted by Gasteiger charge is -2.34. The van der Waals surface area contributed by atoms with Crippen molar-refractivity contribution in [3.05, 3.63) is 88.5 Å². The largest absolute Gasteiger partial charge is 0.390 e. The van der Waals surface area contributed by atoms with E-state index in [2.05, 4.69) is 15.3 Å². The number of nitrogens with zero attached hydrogens (tertiary/aromatic N) is 2. The lowest BCUT2D eigenvalue weighted by atomic mass is 9.96. The highest BCUT2D eigenvalue weighted by Crippen LogP contribution is 2.29. The summed E-state index contributed by atoms with van der Waals surface area (Å²) in [6, 6.07) is 7.44. The predicted octanol–water partition coefficient (Wildman–Crippen LogP) is 2.48. The smallest absolute Gasteiger partial charge is 0.228 e. The highest BCUT2D eigenvalue weighted by molar-refractivity contribution is 7.90. The number of aromatic nitrogens is 2. The molecule has 1 aliphatic heterocycles. The van der Waals surface area contributed by atoms with Gasteiger partial charge in [-0.3, -0.25) is 4.79 Å². The van der Waals surface area contributed by atoms with E-state index in [1.54, 1.807) is 0 Å². The Kier molecular flexibility index (Phi) is 8.59. The van der Waals surface area contributed by atoms with Gasteiger partial charge in [-0.1, -0.05) is 25.1 Å². The van der Waals surface area contributed by atoms with E-state index in [9.17, 15) is 27.1 Å². The molecule has 0 bridgehead atoms. The highest BCUT2D eigenvalue weighted by atomic mass is 32.2. The molecule has 1 amide bonds. The number of imidazole rings is 1. The van der Waals surface area contributed by atoms with Gasteiger partial charge >= 0.3 is 0 Å². The van der Waals surface area contributed by atoms with Crippen molar-refractivity contribution in [2.45, 2.75) is 50.1 Å². The lowest BCUT2D eigenvalue weighted by Crippen LogP contribution is -2.51. The average molecular weight is 547 g/mol. The zero-order valence-corrected chi connectivity index (χ0v) is 22.1. The second kappa shape index (κ2) is 11.7. The number of carbonyl (C=O) groups is 1. The fourth-order valence-corrected chi connectivity index (χ4v) is 6.54. The minimum absolute atomic E-state index is 0.00129. The Morgan fingerprint density at radius 1 is 1.21 bits per heavy atom. The van der Waals surface area contributed by atoms with Gasteiger partial charge in [0.25, 0.3) is 0 Å². The maximum atomic E-state index is 13.9. The van der Waals surface area contributed by atoms with E-state index in [4.69, 9.17) is 0 Å². The van der Waals surface area contributed by atoms with Crippen LogP contribution in [0.4, 0.5) is 8.78 Å². The van der Waals surface area contributed by atoms with Crippen LogP contribution in [0.3, 0.4) is 0 Å². The second-order valence-electron chi connectivity index (χ2n) is 9.78. The Balaban J connectivity index is 1.55. The third-order valence-corrected chi connectivity index (χ3v) is 8.55. The molecule has 0 unspecified atom stereocenters. The number of carbonyl (C=O) groups excluding carboxylic acids is 1. The summed E-state index contributed by atoms with van der Waals surface area (Å²) in [5.41, 5.74) is 3.54. The number of aromatic amines is 1. The van der Waals surface area contributed by atoms with Crippen LogP contribution in [-0.4, -0.2) is 65.8 Å². The molecule has 3 aromatic rings. The molecule has 2 heterocycles. The average Bonchev–Trinajstić information content (AvgIpc) is 3.37. The van der Waals surface area contributed by atoms with Crippen LogP contribution in [0, 0.1) is 11.6 Å². The molecule has 8 nitrogen and oxygen atoms in total. The van der Waals surface area contributed by atoms with Crippen molar-refractivity contribution in [1.82, 2.24) is 20.2 Å². The topological polar surface area (TPSA) is 115 Å². The molecule has 0 saturated carbocycles. The molecule has 0 saturated heterocycles. The zero-order chi connectivity index (χ0) is 27.4. The number of likely N-dealkylation sites (N-methyl/N-ethyl adjacent to an activating group) is 1. The number of aliphatic hydroxyl groups excluding tert-OH is 1. The summed E-state index contributed by atoms with van der Waals surface area (Å²) in [5, 5.41) is 14.4. The number of amides is 1. The number of hydrogen-bond donors (Lipinski definition) is 3. The summed E-state index contributed by atoms with van der Waals surface area (Å²) >= 11 is 0. The summed E-state index contributed by atoms with van der Waals surface area (Å²) in [5.74, 6) is -1.99. The van der Waals surface area contributed by atoms with Gasteiger partial charge in [-0.2, -0.15) is 0 Å². The van der Waals surface area contributed by atoms with Crippen LogP contribution in [0.1, 0.15) is 40.9 Å². The number of benzene rings is 2. The number of nitrogens with one attached hydrogen (secondary N) is 2. The third-order valence-electron chi connectivity index (χ3n) is 6.96. The number of aryl methyl sites for hydroxylation is 1. The molecule has 2 aromatic carbocycles. The van der Waals surface area contributed by atoms with E-state index in [0.29, 0.717) is 5.69 Å². The van der Waals surface area contributed by atoms with Gasteiger partial charge in [0.05, 0.1) is 36.4 Å². The van der Waals surface area contributed by atoms with Crippen LogP contribution in [0.25, 0.3) is 0 Å². The fraction of sp³-hybridized carbons (Fsp3) is 0.407. The normalized spacial score (nSPS) is 18.0. The van der Waals surface area contributed by atoms with Gasteiger partial charge in [-0.05, 0) is 47.2 Å². The predicted molar refractivity (Wildman–Crippen MR) is 139 cm³/mol. The number of H-pyrrole nitrogens is 1. The molecule has 3 atom stereocenters. The van der Waals surface area contributed by atoms with Gasteiger partial charge in [-0.25, -0.2) is 22.2 Å². The number of fused-ring (bicyclic) bond motifs is 1. The minimum atomic E-state index is -3.35. The lowest BCUT2D eigenvalue weighted by molar-refractivity contribution is -0.133. The summed E-state index contributed by atoms with van der Waals surface area (Å²) in [7, 11) is -1.83. The van der Waals surface area contributed by atoms with Crippen LogP contribution in [-0.2, 0) is 39.6 Å². The van der Waals surface area contributed by atoms with Crippen molar-refractivity contribution in [3.8, 4) is 0 Å². The minimum Gasteiger partial charge on any atom is -0.390 e. The van der Waals surface area contributed by atoms with E-state index >= 15 is 0 Å². The molecular formula is C27H32F2N4O4S. The van der Waals surface area contributed by atoms with E-state index in [-0.39, 0.29) is 42.4 Å². The molecule has 4 rings (SSSR count). The summed E-state index contributed by atoms with van der Waals surface area (Å²) < 4.78 is 52.9. The van der Waals surface area contributed by atoms with Gasteiger partial charge in [0.1, 0.15) is 11.6 Å². The Morgan fingerprint density at radius 3 is 2.61 bits per heavy atom. The molecular weight excluding hydrogens is 514 g/mol. The van der Waals surface area contributed by atoms with Crippen molar-refractivity contribution < 1.29 is 27.1 Å². The first kappa shape index (κ1) is 27.9. The maximum absolute atomic E-state index is 13.9. The molecule has 1 aromatic heterocycles. The van der Waals surface area contributed by atoms with Crippen LogP contribution in [0.15, 0.2) is 48.9 Å². The highest BCUT2D eigenvalue weighted by Gasteiger charge is 2.32. The monoisotopic (exact) mass is 546 g/mol. The van der Waals surface area contributed by atoms with Crippen LogP contribution in [0.5, 0.6) is 0 Å². The van der Waals surface area contributed by atoms with Crippen molar-refractivity contribution in [1.29, 1.82) is 0 Å². The van der Waals surface area contributed by atoms with Crippen molar-refractivity contribution in [2.24, 2.45) is 0 Å². The number of sulfone groups is 1. The van der Waals surface area contributed by atoms with E-state index in [1.807, 2.05) is 25.1 Å². The molecule has 0 fully saturated rings. The number of hydrogen-bond acceptors (Lipinski definition) is 6. The zero-order valence-electron chi connectivity index (χ0n) is 21.3. The first-order valence-corrected chi connectivity index (χ1v) is 14.3. The van der Waals surface area contributed by atoms with Gasteiger partial charge in [0.2, 0.25) is 5.91 Å². The number of aliphatic hydroxyl groups is 1. The molecule has 204 valence electrons. The molecule has 11 heteroatoms. The molecule has 3 N–H and O–H groups in total. The SMILES string of the molecule is CCc1ccc2c(c1)[C@@H](NC[C@@H](O)[C@H](Cc1cc(F)cc(F)c1)N(C)C(=O)Cc1cnc[nH]1)CS(=O)(=O)C2. The fourth-order valence-electron chi connectivity index (χ4n) is 4.88. The van der Waals surface area contributed by atoms with E-state index < -0.39 is 39.7 Å². The van der Waals surface area contributed by atoms with E-state index in [0.717, 1.165) is 29.2 Å². The summed E-state index contributed by atoms with van der Waals surface area (Å²) in [6.45, 7) is 1.98. The number of rotatable bonds is 10. The van der Waals surface area contributed by atoms with Crippen LogP contribution < -0.4 is 5.32 Å². The quantitative estimate of drug-likeness (QED) is 0.360. The Bertz CT molecular complexity index is 1360. The van der Waals surface area contributed by atoms with Gasteiger partial charge in [-0.15, -0.1) is 0 Å². The van der Waals surface area contributed by atoms with Gasteiger partial charge in [0.15, 0.2) is 9.84 Å². The summed E-state index contributed by atoms with van der Waals surface area (Å²) in [6.07, 6.45) is 2.59. The van der Waals surface area contributed by atoms with Gasteiger partial charge in [0, 0.05) is 37.6 Å². The first-order valence-electron chi connectivity index (χ1n) is 12.5. The van der Waals surface area contributed by atoms with Crippen molar-refractivity contribution >= 4 is 15.7 Å². The molecule has 1 aliphatic rings. The Labute approximate surface area is 221 Å². The van der Waals surface area contributed by atoms with Crippen molar-refractivity contribution in [3.63, 3.8) is 0 Å². The van der Waals surface area contributed by atoms with Crippen LogP contribution >= 0.6 is 0 Å². The third kappa shape index (κ3) is 6.83. The maximum Gasteiger partial charge on any atom is 0.228 e. The Morgan fingerprint density at radius 2 is 1.95 bits per heavy atom.